The number of carbonyl (C=O) groups is 1. The fraction of sp³-hybridized carbons (Fsp3) is 0.176. The first kappa shape index (κ1) is 13.9. The van der Waals surface area contributed by atoms with Crippen molar-refractivity contribution in [3.05, 3.63) is 59.7 Å². The Kier molecular flexibility index (Phi) is 3.80. The average Bonchev–Trinajstić information content (AvgIpc) is 2.47. The summed E-state index contributed by atoms with van der Waals surface area (Å²) in [7, 11) is 0. The van der Waals surface area contributed by atoms with Crippen molar-refractivity contribution in [3.8, 4) is 0 Å². The van der Waals surface area contributed by atoms with Crippen LogP contribution in [0.1, 0.15) is 18.1 Å². The van der Waals surface area contributed by atoms with Gasteiger partial charge in [0.25, 0.3) is 0 Å². The van der Waals surface area contributed by atoms with Crippen molar-refractivity contribution in [2.24, 2.45) is 4.99 Å². The van der Waals surface area contributed by atoms with Crippen molar-refractivity contribution < 1.29 is 4.79 Å². The fourth-order valence-electron chi connectivity index (χ4n) is 2.24. The minimum atomic E-state index is -0.153. The van der Waals surface area contributed by atoms with E-state index >= 15 is 0 Å². The molecule has 1 aliphatic rings. The molecule has 0 aromatic heterocycles. The third-order valence-corrected chi connectivity index (χ3v) is 4.46. The molecule has 0 saturated carbocycles. The Morgan fingerprint density at radius 3 is 2.57 bits per heavy atom. The molecule has 1 atom stereocenters. The molecule has 0 saturated heterocycles. The standard InChI is InChI=1S/C17H16N2OS/c1-11-7-9-13(10-8-11)16-17(18-12(2)20)21-15-6-4-3-5-14(15)19-16/h3-10,17H,1-2H3,(H,18,20)/t17-/m0/s1. The van der Waals surface area contributed by atoms with Crippen molar-refractivity contribution >= 4 is 29.1 Å². The van der Waals surface area contributed by atoms with Crippen LogP contribution in [-0.4, -0.2) is 17.0 Å². The van der Waals surface area contributed by atoms with E-state index in [1.54, 1.807) is 11.8 Å². The SMILES string of the molecule is CC(=O)N[C@H]1Sc2ccccc2N=C1c1ccc(C)cc1. The highest BCUT2D eigenvalue weighted by molar-refractivity contribution is 8.00. The van der Waals surface area contributed by atoms with Crippen LogP contribution in [0, 0.1) is 6.92 Å². The number of hydrogen-bond acceptors (Lipinski definition) is 3. The maximum absolute atomic E-state index is 11.5. The van der Waals surface area contributed by atoms with Crippen LogP contribution in [0.25, 0.3) is 0 Å². The molecule has 0 unspecified atom stereocenters. The van der Waals surface area contributed by atoms with Crippen LogP contribution in [-0.2, 0) is 4.79 Å². The number of aliphatic imine (C=N–C) groups is 1. The second-order valence-corrected chi connectivity index (χ2v) is 6.18. The van der Waals surface area contributed by atoms with E-state index in [1.807, 2.05) is 24.3 Å². The minimum Gasteiger partial charge on any atom is -0.339 e. The number of aryl methyl sites for hydroxylation is 1. The van der Waals surface area contributed by atoms with Gasteiger partial charge in [-0.25, -0.2) is 4.99 Å². The van der Waals surface area contributed by atoms with Crippen LogP contribution < -0.4 is 5.32 Å². The number of benzene rings is 2. The van der Waals surface area contributed by atoms with Gasteiger partial charge in [0, 0.05) is 11.8 Å². The van der Waals surface area contributed by atoms with Crippen LogP contribution in [0.15, 0.2) is 58.4 Å². The summed E-state index contributed by atoms with van der Waals surface area (Å²) in [6.45, 7) is 3.59. The first-order chi connectivity index (χ1) is 10.1. The smallest absolute Gasteiger partial charge is 0.218 e. The quantitative estimate of drug-likeness (QED) is 0.918. The van der Waals surface area contributed by atoms with Gasteiger partial charge in [0.15, 0.2) is 0 Å². The van der Waals surface area contributed by atoms with Gasteiger partial charge in [-0.2, -0.15) is 0 Å². The molecule has 21 heavy (non-hydrogen) atoms. The molecule has 0 spiro atoms. The van der Waals surface area contributed by atoms with Gasteiger partial charge in [0.1, 0.15) is 5.37 Å². The third-order valence-electron chi connectivity index (χ3n) is 3.28. The van der Waals surface area contributed by atoms with Gasteiger partial charge in [-0.3, -0.25) is 4.79 Å². The summed E-state index contributed by atoms with van der Waals surface area (Å²) in [4.78, 5) is 17.3. The highest BCUT2D eigenvalue weighted by Gasteiger charge is 2.25. The van der Waals surface area contributed by atoms with Gasteiger partial charge in [-0.15, -0.1) is 0 Å². The van der Waals surface area contributed by atoms with Gasteiger partial charge in [-0.05, 0) is 24.6 Å². The topological polar surface area (TPSA) is 41.5 Å². The highest BCUT2D eigenvalue weighted by atomic mass is 32.2. The van der Waals surface area contributed by atoms with Crippen molar-refractivity contribution in [2.45, 2.75) is 24.1 Å². The molecule has 2 aromatic rings. The van der Waals surface area contributed by atoms with E-state index in [-0.39, 0.29) is 11.3 Å². The predicted molar refractivity (Wildman–Crippen MR) is 87.3 cm³/mol. The van der Waals surface area contributed by atoms with Gasteiger partial charge >= 0.3 is 0 Å². The monoisotopic (exact) mass is 296 g/mol. The number of hydrogen-bond donors (Lipinski definition) is 1. The number of fused-ring (bicyclic) bond motifs is 1. The molecule has 1 amide bonds. The second-order valence-electron chi connectivity index (χ2n) is 5.03. The van der Waals surface area contributed by atoms with Crippen LogP contribution in [0.3, 0.4) is 0 Å². The fourth-order valence-corrected chi connectivity index (χ4v) is 3.41. The lowest BCUT2D eigenvalue weighted by molar-refractivity contribution is -0.118. The largest absolute Gasteiger partial charge is 0.339 e. The molecule has 106 valence electrons. The van der Waals surface area contributed by atoms with E-state index < -0.39 is 0 Å². The zero-order chi connectivity index (χ0) is 14.8. The van der Waals surface area contributed by atoms with Crippen molar-refractivity contribution in [1.82, 2.24) is 5.32 Å². The Bertz CT molecular complexity index is 707. The van der Waals surface area contributed by atoms with E-state index in [0.29, 0.717) is 0 Å². The van der Waals surface area contributed by atoms with Crippen molar-refractivity contribution in [2.75, 3.05) is 0 Å². The minimum absolute atomic E-state index is 0.0494. The highest BCUT2D eigenvalue weighted by Crippen LogP contribution is 2.38. The molecule has 4 heteroatoms. The lowest BCUT2D eigenvalue weighted by Gasteiger charge is -2.25. The first-order valence-electron chi connectivity index (χ1n) is 6.82. The lowest BCUT2D eigenvalue weighted by atomic mass is 10.1. The van der Waals surface area contributed by atoms with Gasteiger partial charge in [0.05, 0.1) is 11.4 Å². The van der Waals surface area contributed by atoms with E-state index in [0.717, 1.165) is 21.9 Å². The number of thioether (sulfide) groups is 1. The first-order valence-corrected chi connectivity index (χ1v) is 7.70. The Morgan fingerprint density at radius 2 is 1.86 bits per heavy atom. The summed E-state index contributed by atoms with van der Waals surface area (Å²) in [5, 5.41) is 2.83. The molecule has 0 radical (unpaired) electrons. The number of rotatable bonds is 2. The van der Waals surface area contributed by atoms with Crippen molar-refractivity contribution in [1.29, 1.82) is 0 Å². The Labute approximate surface area is 128 Å². The zero-order valence-electron chi connectivity index (χ0n) is 12.0. The number of nitrogens with one attached hydrogen (secondary N) is 1. The van der Waals surface area contributed by atoms with E-state index in [1.165, 1.54) is 12.5 Å². The van der Waals surface area contributed by atoms with E-state index in [9.17, 15) is 4.79 Å². The Balaban J connectivity index is 2.05. The van der Waals surface area contributed by atoms with Crippen LogP contribution in [0.4, 0.5) is 5.69 Å². The Hall–Kier alpha value is -2.07. The maximum atomic E-state index is 11.5. The summed E-state index contributed by atoms with van der Waals surface area (Å²) in [6, 6.07) is 16.2. The molecular formula is C17H16N2OS. The van der Waals surface area contributed by atoms with Gasteiger partial charge in [-0.1, -0.05) is 53.7 Å². The number of carbonyl (C=O) groups excluding carboxylic acids is 1. The predicted octanol–water partition coefficient (Wildman–Crippen LogP) is 3.68. The molecule has 1 N–H and O–H groups in total. The van der Waals surface area contributed by atoms with E-state index in [2.05, 4.69) is 36.5 Å². The summed E-state index contributed by atoms with van der Waals surface area (Å²) in [6.07, 6.45) is 0. The molecule has 2 aromatic carbocycles. The van der Waals surface area contributed by atoms with E-state index in [4.69, 9.17) is 4.99 Å². The summed E-state index contributed by atoms with van der Waals surface area (Å²) in [5.74, 6) is -0.0494. The third kappa shape index (κ3) is 3.00. The van der Waals surface area contributed by atoms with Crippen LogP contribution in [0.5, 0.6) is 0 Å². The second kappa shape index (κ2) is 5.74. The average molecular weight is 296 g/mol. The molecule has 3 nitrogen and oxygen atoms in total. The Morgan fingerprint density at radius 1 is 1.14 bits per heavy atom. The molecule has 3 rings (SSSR count). The molecule has 1 heterocycles. The summed E-state index contributed by atoms with van der Waals surface area (Å²) in [5.41, 5.74) is 4.11. The summed E-state index contributed by atoms with van der Waals surface area (Å²) >= 11 is 1.63. The van der Waals surface area contributed by atoms with Crippen molar-refractivity contribution in [3.63, 3.8) is 0 Å². The maximum Gasteiger partial charge on any atom is 0.218 e. The number of para-hydroxylation sites is 1. The lowest BCUT2D eigenvalue weighted by Crippen LogP contribution is -2.38. The molecule has 0 aliphatic carbocycles. The molecule has 0 bridgehead atoms. The molecule has 0 fully saturated rings. The zero-order valence-corrected chi connectivity index (χ0v) is 12.8. The number of amides is 1. The van der Waals surface area contributed by atoms with Gasteiger partial charge in [0.2, 0.25) is 5.91 Å². The molecular weight excluding hydrogens is 280 g/mol. The van der Waals surface area contributed by atoms with Crippen LogP contribution in [0.2, 0.25) is 0 Å². The summed E-state index contributed by atoms with van der Waals surface area (Å²) < 4.78 is 0. The molecule has 1 aliphatic heterocycles. The number of nitrogens with zero attached hydrogens (tertiary/aromatic N) is 1. The van der Waals surface area contributed by atoms with Gasteiger partial charge < -0.3 is 5.32 Å². The van der Waals surface area contributed by atoms with Crippen LogP contribution >= 0.6 is 11.8 Å². The normalized spacial score (nSPS) is 16.9.